The monoisotopic (exact) mass is 828 g/mol. The Morgan fingerprint density at radius 3 is 2.11 bits per heavy atom. The van der Waals surface area contributed by atoms with Gasteiger partial charge in [0.25, 0.3) is 0 Å². The first-order valence-corrected chi connectivity index (χ1v) is 21.2. The van der Waals surface area contributed by atoms with E-state index in [-0.39, 0.29) is 37.3 Å². The van der Waals surface area contributed by atoms with Crippen LogP contribution in [0.15, 0.2) is 0 Å². The molecule has 0 aromatic carbocycles. The summed E-state index contributed by atoms with van der Waals surface area (Å²) in [6.45, 7) is 17.2. The zero-order valence-electron chi connectivity index (χ0n) is 35.8. The van der Waals surface area contributed by atoms with Crippen LogP contribution in [0, 0.1) is 17.8 Å². The second-order valence-corrected chi connectivity index (χ2v) is 18.7. The molecule has 0 radical (unpaired) electrons. The minimum absolute atomic E-state index is 0.118. The molecule has 0 aromatic heterocycles. The smallest absolute Gasteiger partial charge is 0.397 e. The maximum atomic E-state index is 14.3. The van der Waals surface area contributed by atoms with Crippen molar-refractivity contribution in [3.63, 3.8) is 0 Å². The Labute approximate surface area is 334 Å². The average molecular weight is 829 g/mol. The van der Waals surface area contributed by atoms with E-state index in [1.807, 2.05) is 44.8 Å². The van der Waals surface area contributed by atoms with Gasteiger partial charge in [0.2, 0.25) is 0 Å². The van der Waals surface area contributed by atoms with Crippen LogP contribution >= 0.6 is 0 Å². The summed E-state index contributed by atoms with van der Waals surface area (Å²) in [5, 5.41) is 47.4. The van der Waals surface area contributed by atoms with Gasteiger partial charge in [0, 0.05) is 38.1 Å². The van der Waals surface area contributed by atoms with E-state index < -0.39 is 106 Å². The molecule has 0 saturated carbocycles. The second kappa shape index (κ2) is 19.1. The molecule has 3 saturated heterocycles. The third-order valence-corrected chi connectivity index (χ3v) is 12.8. The SMILES string of the molecule is CC[C@H]1OC(=O)[C@H](C)[C@@H](O[C@H]2C[C@@](C)(OC)[C@@H](OS(=O)(=O)O)[C@H](C)O2)[C@H](C)[C@@H](O[C@@H]2O[C@H](C)C[C@H](N(C)C)[C@H]2O)[C@](C)(O)C[C@@H](C)CN(C)[C@H](C)[C@@H](O)[C@]1(C)O. The summed E-state index contributed by atoms with van der Waals surface area (Å²) in [6, 6.07) is -0.910. The highest BCUT2D eigenvalue weighted by Crippen LogP contribution is 2.41. The zero-order valence-corrected chi connectivity index (χ0v) is 36.6. The van der Waals surface area contributed by atoms with Crippen LogP contribution in [-0.4, -0.2) is 174 Å². The number of nitrogens with zero attached hydrogens (tertiary/aromatic N) is 2. The van der Waals surface area contributed by atoms with E-state index in [2.05, 4.69) is 0 Å². The second-order valence-electron chi connectivity index (χ2n) is 17.7. The van der Waals surface area contributed by atoms with E-state index in [0.29, 0.717) is 13.0 Å². The molecule has 330 valence electrons. The van der Waals surface area contributed by atoms with E-state index >= 15 is 0 Å². The van der Waals surface area contributed by atoms with E-state index in [1.165, 1.54) is 21.0 Å². The van der Waals surface area contributed by atoms with Crippen molar-refractivity contribution in [1.82, 2.24) is 9.80 Å². The van der Waals surface area contributed by atoms with Crippen molar-refractivity contribution in [3.8, 4) is 0 Å². The molecular weight excluding hydrogens is 756 g/mol. The van der Waals surface area contributed by atoms with Gasteiger partial charge in [-0.15, -0.1) is 0 Å². The molecule has 0 bridgehead atoms. The van der Waals surface area contributed by atoms with Gasteiger partial charge in [-0.3, -0.25) is 9.35 Å². The third-order valence-electron chi connectivity index (χ3n) is 12.4. The summed E-state index contributed by atoms with van der Waals surface area (Å²) < 4.78 is 75.5. The van der Waals surface area contributed by atoms with Gasteiger partial charge in [0.05, 0.1) is 35.9 Å². The van der Waals surface area contributed by atoms with E-state index in [1.54, 1.807) is 41.5 Å². The molecule has 3 rings (SSSR count). The fraction of sp³-hybridized carbons (Fsp3) is 0.974. The molecule has 3 aliphatic rings. The molecule has 18 heteroatoms. The summed E-state index contributed by atoms with van der Waals surface area (Å²) in [6.07, 6.45) is -10.0. The number of hydrogen-bond acceptors (Lipinski definition) is 16. The van der Waals surface area contributed by atoms with Crippen molar-refractivity contribution >= 4 is 16.4 Å². The molecule has 17 nitrogen and oxygen atoms in total. The Hall–Kier alpha value is -1.10. The average Bonchev–Trinajstić information content (AvgIpc) is 3.08. The molecule has 0 aliphatic carbocycles. The Morgan fingerprint density at radius 1 is 0.964 bits per heavy atom. The first-order chi connectivity index (χ1) is 25.6. The number of aliphatic hydroxyl groups is 4. The fourth-order valence-electron chi connectivity index (χ4n) is 9.04. The van der Waals surface area contributed by atoms with Crippen molar-refractivity contribution in [2.75, 3.05) is 34.8 Å². The van der Waals surface area contributed by atoms with Gasteiger partial charge < -0.3 is 58.6 Å². The largest absolute Gasteiger partial charge is 0.459 e. The van der Waals surface area contributed by atoms with Gasteiger partial charge >= 0.3 is 16.4 Å². The molecule has 18 atom stereocenters. The molecular formula is C38H72N2O15S. The lowest BCUT2D eigenvalue weighted by Gasteiger charge is -2.49. The number of hydrogen-bond donors (Lipinski definition) is 5. The summed E-state index contributed by atoms with van der Waals surface area (Å²) in [5.74, 6) is -2.96. The predicted molar refractivity (Wildman–Crippen MR) is 205 cm³/mol. The van der Waals surface area contributed by atoms with Gasteiger partial charge in [0.1, 0.15) is 35.6 Å². The highest BCUT2D eigenvalue weighted by atomic mass is 32.3. The van der Waals surface area contributed by atoms with Gasteiger partial charge in [-0.2, -0.15) is 8.42 Å². The number of likely N-dealkylation sites (N-methyl/N-ethyl adjacent to an activating group) is 2. The predicted octanol–water partition coefficient (Wildman–Crippen LogP) is 1.73. The first kappa shape index (κ1) is 49.3. The van der Waals surface area contributed by atoms with Gasteiger partial charge in [0.15, 0.2) is 12.6 Å². The van der Waals surface area contributed by atoms with Crippen molar-refractivity contribution in [3.05, 3.63) is 0 Å². The number of methoxy groups -OCH3 is 1. The molecule has 3 aliphatic heterocycles. The number of rotatable bonds is 9. The molecule has 56 heavy (non-hydrogen) atoms. The minimum Gasteiger partial charge on any atom is -0.459 e. The highest BCUT2D eigenvalue weighted by Gasteiger charge is 2.54. The number of aliphatic hydroxyl groups excluding tert-OH is 2. The van der Waals surface area contributed by atoms with Crippen LogP contribution in [-0.2, 0) is 47.8 Å². The van der Waals surface area contributed by atoms with Crippen molar-refractivity contribution in [1.29, 1.82) is 0 Å². The zero-order chi connectivity index (χ0) is 42.9. The summed E-state index contributed by atoms with van der Waals surface area (Å²) in [7, 11) is 1.96. The topological polar surface area (TPSA) is 223 Å². The first-order valence-electron chi connectivity index (χ1n) is 19.8. The minimum atomic E-state index is -4.91. The third kappa shape index (κ3) is 11.6. The Bertz CT molecular complexity index is 1390. The van der Waals surface area contributed by atoms with Gasteiger partial charge in [-0.1, -0.05) is 20.8 Å². The summed E-state index contributed by atoms with van der Waals surface area (Å²) in [5.41, 5.74) is -4.87. The number of esters is 1. The van der Waals surface area contributed by atoms with Crippen LogP contribution in [0.3, 0.4) is 0 Å². The summed E-state index contributed by atoms with van der Waals surface area (Å²) >= 11 is 0. The van der Waals surface area contributed by atoms with Crippen LogP contribution in [0.25, 0.3) is 0 Å². The summed E-state index contributed by atoms with van der Waals surface area (Å²) in [4.78, 5) is 18.1. The van der Waals surface area contributed by atoms with Crippen LogP contribution in [0.5, 0.6) is 0 Å². The quantitative estimate of drug-likeness (QED) is 0.165. The molecule has 5 N–H and O–H groups in total. The number of cyclic esters (lactones) is 1. The van der Waals surface area contributed by atoms with Crippen molar-refractivity contribution < 1.29 is 70.8 Å². The maximum Gasteiger partial charge on any atom is 0.397 e. The van der Waals surface area contributed by atoms with E-state index in [0.717, 1.165) is 0 Å². The number of carbonyl (C=O) groups is 1. The lowest BCUT2D eigenvalue weighted by Crippen LogP contribution is -2.61. The van der Waals surface area contributed by atoms with Crippen molar-refractivity contribution in [2.45, 2.75) is 185 Å². The highest BCUT2D eigenvalue weighted by molar-refractivity contribution is 7.80. The molecule has 3 fully saturated rings. The van der Waals surface area contributed by atoms with Crippen molar-refractivity contribution in [2.24, 2.45) is 17.8 Å². The maximum absolute atomic E-state index is 14.3. The molecule has 0 aromatic rings. The molecule has 0 amide bonds. The van der Waals surface area contributed by atoms with Gasteiger partial charge in [-0.05, 0) is 94.8 Å². The van der Waals surface area contributed by atoms with E-state index in [9.17, 15) is 38.2 Å². The van der Waals surface area contributed by atoms with Crippen LogP contribution in [0.4, 0.5) is 0 Å². The Morgan fingerprint density at radius 2 is 1.57 bits per heavy atom. The molecule has 0 spiro atoms. The fourth-order valence-corrected chi connectivity index (χ4v) is 9.66. The van der Waals surface area contributed by atoms with Gasteiger partial charge in [-0.25, -0.2) is 4.18 Å². The standard InChI is InChI=1S/C38H72N2O15S/c1-15-27-38(10,45)31(42)24(6)40(13)19-20(2)17-36(8,44)32(54-35-29(41)26(39(11)12)16-21(3)50-35)22(4)30(23(5)34(43)52-27)53-28-18-37(9,49-14)33(25(7)51-28)55-56(46,47)48/h20-33,35,41-42,44-45H,15-19H2,1-14H3,(H,46,47,48)/t20-,21-,22+,23-,24-,25+,26+,27-,28+,29-,30+,31-,32-,33+,35+,36-,37-,38-/m1/s1. The Balaban J connectivity index is 2.19. The van der Waals surface area contributed by atoms with Crippen LogP contribution in [0.2, 0.25) is 0 Å². The Kier molecular flexibility index (Phi) is 16.8. The van der Waals surface area contributed by atoms with Crippen LogP contribution in [0.1, 0.15) is 94.9 Å². The number of ether oxygens (including phenoxy) is 6. The molecule has 3 heterocycles. The lowest BCUT2D eigenvalue weighted by atomic mass is 9.77. The molecule has 0 unspecified atom stereocenters. The lowest BCUT2D eigenvalue weighted by molar-refractivity contribution is -0.316. The normalized spacial score (nSPS) is 47.2. The van der Waals surface area contributed by atoms with Crippen LogP contribution < -0.4 is 0 Å². The number of carbonyl (C=O) groups excluding carboxylic acids is 1. The van der Waals surface area contributed by atoms with E-state index in [4.69, 9.17) is 32.6 Å².